The van der Waals surface area contributed by atoms with Crippen molar-refractivity contribution in [3.8, 4) is 23.0 Å². The van der Waals surface area contributed by atoms with Gasteiger partial charge in [-0.05, 0) is 53.8 Å². The number of fused-ring (bicyclic) bond motifs is 10. The molecule has 414 valence electrons. The van der Waals surface area contributed by atoms with Gasteiger partial charge in [0.1, 0.15) is 45.2 Å². The average molecular weight is 1080 g/mol. The second-order valence-electron chi connectivity index (χ2n) is 18.3. The third-order valence-electron chi connectivity index (χ3n) is 13.8. The Morgan fingerprint density at radius 3 is 1.44 bits per heavy atom. The van der Waals surface area contributed by atoms with Crippen molar-refractivity contribution in [2.75, 3.05) is 36.6 Å². The van der Waals surface area contributed by atoms with Crippen molar-refractivity contribution in [1.82, 2.24) is 19.2 Å². The van der Waals surface area contributed by atoms with Crippen LogP contribution in [0.3, 0.4) is 0 Å². The second kappa shape index (κ2) is 25.9. The number of ether oxygens (including phenoxy) is 3. The molecular weight excluding hydrogens is 1010 g/mol. The third-order valence-corrected chi connectivity index (χ3v) is 13.8. The zero-order valence-corrected chi connectivity index (χ0v) is 41.2. The van der Waals surface area contributed by atoms with Crippen molar-refractivity contribution in [2.45, 2.75) is 87.2 Å². The SMILES string of the molecule is C.C.C.C.CC[C@H]1/C=C/COc2c(F)cccc2[C@@H](c2ccccc2)N2CN1C(=O)c1c(O)c(=O)ccn12.CC[C@H]1/C=C/COc2c(F)cccc2[C@@H](c2ccccc2)N2CN1C(=O)c1c(OCc3ccccc3)c(=O)ccn12. The first-order valence-corrected chi connectivity index (χ1v) is 24.9. The number of benzene rings is 5. The molecule has 79 heavy (non-hydrogen) atoms. The fraction of sp³-hybridized carbons (Fsp3) is 0.270. The van der Waals surface area contributed by atoms with Crippen molar-refractivity contribution >= 4 is 11.8 Å². The molecule has 1 N–H and O–H groups in total. The number of aromatic hydroxyl groups is 1. The molecule has 4 atom stereocenters. The highest BCUT2D eigenvalue weighted by Gasteiger charge is 2.42. The van der Waals surface area contributed by atoms with Crippen LogP contribution in [0.2, 0.25) is 0 Å². The zero-order valence-electron chi connectivity index (χ0n) is 41.2. The largest absolute Gasteiger partial charge is 0.502 e. The summed E-state index contributed by atoms with van der Waals surface area (Å²) in [4.78, 5) is 56.6. The first kappa shape index (κ1) is 59.3. The van der Waals surface area contributed by atoms with Crippen LogP contribution in [0.4, 0.5) is 8.78 Å². The van der Waals surface area contributed by atoms with Gasteiger partial charge in [-0.3, -0.25) is 38.5 Å². The Kier molecular flexibility index (Phi) is 19.5. The van der Waals surface area contributed by atoms with Crippen LogP contribution < -0.4 is 35.1 Å². The van der Waals surface area contributed by atoms with Gasteiger partial charge in [0.15, 0.2) is 46.0 Å². The normalized spacial score (nSPS) is 18.7. The summed E-state index contributed by atoms with van der Waals surface area (Å²) in [6, 6.07) is 39.2. The van der Waals surface area contributed by atoms with Crippen molar-refractivity contribution in [3.05, 3.63) is 248 Å². The van der Waals surface area contributed by atoms with E-state index in [2.05, 4.69) is 0 Å². The Bertz CT molecular complexity index is 3410. The minimum atomic E-state index is -0.639. The maximum atomic E-state index is 15.3. The summed E-state index contributed by atoms with van der Waals surface area (Å²) < 4.78 is 51.5. The number of amides is 2. The van der Waals surface area contributed by atoms with Crippen LogP contribution in [0.25, 0.3) is 0 Å². The second-order valence-corrected chi connectivity index (χ2v) is 18.3. The highest BCUT2D eigenvalue weighted by molar-refractivity contribution is 5.97. The van der Waals surface area contributed by atoms with Crippen molar-refractivity contribution in [3.63, 3.8) is 0 Å². The van der Waals surface area contributed by atoms with E-state index in [4.69, 9.17) is 14.2 Å². The van der Waals surface area contributed by atoms with Gasteiger partial charge in [-0.15, -0.1) is 0 Å². The van der Waals surface area contributed by atoms with E-state index in [0.29, 0.717) is 24.0 Å². The summed E-state index contributed by atoms with van der Waals surface area (Å²) in [5, 5.41) is 14.5. The van der Waals surface area contributed by atoms with E-state index in [1.54, 1.807) is 44.9 Å². The number of aromatic nitrogens is 2. The van der Waals surface area contributed by atoms with E-state index in [1.165, 1.54) is 35.1 Å². The molecule has 4 bridgehead atoms. The molecule has 5 aromatic carbocycles. The molecule has 7 aromatic rings. The number of hydrogen-bond donors (Lipinski definition) is 1. The quantitative estimate of drug-likeness (QED) is 0.154. The zero-order chi connectivity index (χ0) is 52.2. The summed E-state index contributed by atoms with van der Waals surface area (Å²) >= 11 is 0. The lowest BCUT2D eigenvalue weighted by Gasteiger charge is -2.46. The van der Waals surface area contributed by atoms with E-state index in [9.17, 15) is 24.3 Å². The van der Waals surface area contributed by atoms with Gasteiger partial charge in [-0.1, -0.05) is 171 Å². The Labute approximate surface area is 461 Å². The monoisotopic (exact) mass is 1080 g/mol. The van der Waals surface area contributed by atoms with E-state index in [0.717, 1.165) is 16.7 Å². The standard InChI is InChI=1S/C33H30FN3O4.C26H24FN3O4.4CH4/c1-2-25-15-10-20-40-31-26(16-9-17-27(31)34)29(24-13-7-4-8-14-24)37-22-35(25)33(39)30-32(28(38)18-19-36(30)37)41-21-23-11-5-3-6-12-23;1-2-18-10-7-15-34-25-19(11-6-12-20(25)27)22(17-8-4-3-5-9-17)30-16-28(18)26(33)23-24(32)21(31)13-14-29(23)30;;;;/h3-19,25,29H,2,20-22H2,1H3;3-14,18,22,32H,2,15-16H2,1H3;4*1H4/b15-10+;10-7+;;;;/t25-,29+;18-,22+;;;;/m00..../s1. The molecule has 4 aliphatic rings. The number of carbonyl (C=O) groups excluding carboxylic acids is 2. The number of halogens is 2. The molecule has 0 saturated carbocycles. The number of carbonyl (C=O) groups is 2. The minimum Gasteiger partial charge on any atom is -0.502 e. The molecule has 14 nitrogen and oxygen atoms in total. The van der Waals surface area contributed by atoms with Crippen molar-refractivity contribution in [2.24, 2.45) is 0 Å². The first-order valence-electron chi connectivity index (χ1n) is 24.9. The van der Waals surface area contributed by atoms with Crippen LogP contribution in [-0.4, -0.2) is 74.7 Å². The highest BCUT2D eigenvalue weighted by atomic mass is 19.1. The molecule has 0 radical (unpaired) electrons. The Balaban J connectivity index is 0.000000247. The van der Waals surface area contributed by atoms with Gasteiger partial charge in [0.2, 0.25) is 10.9 Å². The Morgan fingerprint density at radius 2 is 0.975 bits per heavy atom. The van der Waals surface area contributed by atoms with Gasteiger partial charge in [-0.25, -0.2) is 8.78 Å². The van der Waals surface area contributed by atoms with Gasteiger partial charge in [0, 0.05) is 35.7 Å². The smallest absolute Gasteiger partial charge is 0.278 e. The van der Waals surface area contributed by atoms with Crippen LogP contribution in [0, 0.1) is 11.6 Å². The topological polar surface area (TPSA) is 139 Å². The molecule has 6 heterocycles. The van der Waals surface area contributed by atoms with Gasteiger partial charge < -0.3 is 29.1 Å². The van der Waals surface area contributed by atoms with Crippen LogP contribution in [0.15, 0.2) is 186 Å². The summed E-state index contributed by atoms with van der Waals surface area (Å²) in [5.74, 6) is -2.10. The van der Waals surface area contributed by atoms with Gasteiger partial charge in [0.25, 0.3) is 11.8 Å². The van der Waals surface area contributed by atoms with E-state index in [-0.39, 0.29) is 115 Å². The number of rotatable bonds is 7. The summed E-state index contributed by atoms with van der Waals surface area (Å²) in [7, 11) is 0. The summed E-state index contributed by atoms with van der Waals surface area (Å²) in [6.07, 6.45) is 11.6. The van der Waals surface area contributed by atoms with Crippen molar-refractivity contribution in [1.29, 1.82) is 0 Å². The van der Waals surface area contributed by atoms with Crippen LogP contribution in [0.5, 0.6) is 23.0 Å². The molecule has 0 fully saturated rings. The number of nitrogens with zero attached hydrogens (tertiary/aromatic N) is 6. The van der Waals surface area contributed by atoms with Crippen molar-refractivity contribution < 1.29 is 37.7 Å². The molecule has 4 aliphatic heterocycles. The van der Waals surface area contributed by atoms with Gasteiger partial charge in [0.05, 0.1) is 12.1 Å². The molecule has 0 aliphatic carbocycles. The van der Waals surface area contributed by atoms with Gasteiger partial charge in [-0.2, -0.15) is 0 Å². The lowest BCUT2D eigenvalue weighted by Crippen LogP contribution is -2.58. The summed E-state index contributed by atoms with van der Waals surface area (Å²) in [6.45, 7) is 4.67. The van der Waals surface area contributed by atoms with Crippen LogP contribution in [-0.2, 0) is 6.61 Å². The summed E-state index contributed by atoms with van der Waals surface area (Å²) in [5.41, 5.74) is 2.72. The maximum absolute atomic E-state index is 15.3. The first-order chi connectivity index (χ1) is 36.6. The predicted octanol–water partition coefficient (Wildman–Crippen LogP) is 11.5. The number of pyridine rings is 2. The molecule has 16 heteroatoms. The fourth-order valence-corrected chi connectivity index (χ4v) is 10.2. The lowest BCUT2D eigenvalue weighted by molar-refractivity contribution is 0.0617. The molecule has 0 spiro atoms. The van der Waals surface area contributed by atoms with Crippen LogP contribution >= 0.6 is 0 Å². The Morgan fingerprint density at radius 1 is 0.544 bits per heavy atom. The fourth-order valence-electron chi connectivity index (χ4n) is 10.2. The van der Waals surface area contributed by atoms with E-state index in [1.807, 2.05) is 139 Å². The molecule has 0 saturated heterocycles. The Hall–Kier alpha value is -8.92. The highest BCUT2D eigenvalue weighted by Crippen LogP contribution is 2.41. The van der Waals surface area contributed by atoms with E-state index >= 15 is 8.78 Å². The third kappa shape index (κ3) is 11.5. The maximum Gasteiger partial charge on any atom is 0.278 e. The predicted molar refractivity (Wildman–Crippen MR) is 306 cm³/mol. The number of hydrogen-bond acceptors (Lipinski definition) is 10. The molecule has 0 unspecified atom stereocenters. The number of para-hydroxylation sites is 2. The lowest BCUT2D eigenvalue weighted by atomic mass is 9.96. The molecule has 2 aromatic heterocycles. The van der Waals surface area contributed by atoms with Gasteiger partial charge >= 0.3 is 0 Å². The average Bonchev–Trinajstić information content (AvgIpc) is 3.51. The molecule has 11 rings (SSSR count). The van der Waals surface area contributed by atoms with E-state index < -0.39 is 40.8 Å². The van der Waals surface area contributed by atoms with Crippen LogP contribution in [0.1, 0.15) is 117 Å². The molecule has 2 amide bonds. The minimum absolute atomic E-state index is 0. The molecular formula is C63H70F2N6O8.